The summed E-state index contributed by atoms with van der Waals surface area (Å²) in [5.41, 5.74) is 0.811. The summed E-state index contributed by atoms with van der Waals surface area (Å²) in [6.07, 6.45) is 0. The lowest BCUT2D eigenvalue weighted by Crippen LogP contribution is -2.35. The highest BCUT2D eigenvalue weighted by Crippen LogP contribution is 2.25. The number of ether oxygens (including phenoxy) is 1. The van der Waals surface area contributed by atoms with Crippen LogP contribution in [-0.2, 0) is 16.1 Å². The third-order valence-electron chi connectivity index (χ3n) is 2.98. The highest BCUT2D eigenvalue weighted by Gasteiger charge is 2.17. The van der Waals surface area contributed by atoms with E-state index in [1.165, 1.54) is 7.11 Å². The van der Waals surface area contributed by atoms with Gasteiger partial charge in [-0.3, -0.25) is 9.69 Å². The second-order valence-electron chi connectivity index (χ2n) is 4.73. The molecule has 6 heteroatoms. The smallest absolute Gasteiger partial charge is 0.319 e. The Labute approximate surface area is 122 Å². The Morgan fingerprint density at radius 1 is 1.55 bits per heavy atom. The summed E-state index contributed by atoms with van der Waals surface area (Å²) >= 11 is 1.61. The largest absolute Gasteiger partial charge is 0.468 e. The van der Waals surface area contributed by atoms with Crippen LogP contribution in [0.15, 0.2) is 28.1 Å². The minimum Gasteiger partial charge on any atom is -0.468 e. The van der Waals surface area contributed by atoms with Crippen LogP contribution in [0, 0.1) is 0 Å². The van der Waals surface area contributed by atoms with Crippen molar-refractivity contribution in [2.75, 3.05) is 13.7 Å². The Morgan fingerprint density at radius 3 is 2.95 bits per heavy atom. The van der Waals surface area contributed by atoms with Gasteiger partial charge in [-0.25, -0.2) is 0 Å². The van der Waals surface area contributed by atoms with Crippen LogP contribution >= 0.6 is 11.3 Å². The molecule has 0 aliphatic carbocycles. The average Bonchev–Trinajstić information content (AvgIpc) is 3.08. The lowest BCUT2D eigenvalue weighted by atomic mass is 10.2. The zero-order chi connectivity index (χ0) is 14.5. The van der Waals surface area contributed by atoms with Gasteiger partial charge in [0, 0.05) is 18.7 Å². The molecule has 2 rings (SSSR count). The fourth-order valence-electron chi connectivity index (χ4n) is 1.78. The summed E-state index contributed by atoms with van der Waals surface area (Å²) in [7, 11) is 1.39. The normalized spacial score (nSPS) is 11.2. The number of carbonyl (C=O) groups excluding carboxylic acids is 1. The lowest BCUT2D eigenvalue weighted by Gasteiger charge is -2.23. The minimum absolute atomic E-state index is 0.219. The summed E-state index contributed by atoms with van der Waals surface area (Å²) in [6, 6.07) is 6.10. The molecule has 0 unspecified atom stereocenters. The molecule has 0 amide bonds. The third-order valence-corrected chi connectivity index (χ3v) is 3.86. The molecule has 0 spiro atoms. The number of thiophene rings is 1. The van der Waals surface area contributed by atoms with Gasteiger partial charge in [-0.1, -0.05) is 11.2 Å². The fraction of sp³-hybridized carbons (Fsp3) is 0.429. The van der Waals surface area contributed by atoms with E-state index in [1.54, 1.807) is 11.3 Å². The molecule has 108 valence electrons. The van der Waals surface area contributed by atoms with E-state index < -0.39 is 0 Å². The van der Waals surface area contributed by atoms with E-state index in [1.807, 2.05) is 42.3 Å². The van der Waals surface area contributed by atoms with Gasteiger partial charge in [0.25, 0.3) is 0 Å². The van der Waals surface area contributed by atoms with Gasteiger partial charge < -0.3 is 9.26 Å². The van der Waals surface area contributed by atoms with Gasteiger partial charge >= 0.3 is 5.97 Å². The number of esters is 1. The van der Waals surface area contributed by atoms with Crippen LogP contribution < -0.4 is 0 Å². The van der Waals surface area contributed by atoms with Crippen molar-refractivity contribution in [3.63, 3.8) is 0 Å². The number of nitrogens with zero attached hydrogens (tertiary/aromatic N) is 2. The van der Waals surface area contributed by atoms with Gasteiger partial charge in [0.05, 0.1) is 24.2 Å². The van der Waals surface area contributed by atoms with E-state index in [0.29, 0.717) is 6.54 Å². The number of aromatic nitrogens is 1. The first kappa shape index (κ1) is 14.7. The number of methoxy groups -OCH3 is 1. The maximum absolute atomic E-state index is 11.4. The van der Waals surface area contributed by atoms with Crippen molar-refractivity contribution >= 4 is 17.3 Å². The highest BCUT2D eigenvalue weighted by atomic mass is 32.1. The van der Waals surface area contributed by atoms with Crippen molar-refractivity contribution in [2.24, 2.45) is 0 Å². The zero-order valence-electron chi connectivity index (χ0n) is 11.8. The second-order valence-corrected chi connectivity index (χ2v) is 5.68. The quantitative estimate of drug-likeness (QED) is 0.767. The van der Waals surface area contributed by atoms with Crippen LogP contribution in [0.3, 0.4) is 0 Å². The standard InChI is InChI=1S/C14H18N2O3S/c1-10(2)16(9-14(17)18-3)8-11-7-12(19-15-11)13-5-4-6-20-13/h4-7,10H,8-9H2,1-3H3. The molecular weight excluding hydrogens is 276 g/mol. The molecular formula is C14H18N2O3S. The highest BCUT2D eigenvalue weighted by molar-refractivity contribution is 7.13. The molecule has 20 heavy (non-hydrogen) atoms. The van der Waals surface area contributed by atoms with Crippen molar-refractivity contribution in [1.29, 1.82) is 0 Å². The molecule has 2 heterocycles. The summed E-state index contributed by atoms with van der Waals surface area (Å²) < 4.78 is 10.0. The van der Waals surface area contributed by atoms with Crippen LogP contribution in [-0.4, -0.2) is 35.7 Å². The van der Waals surface area contributed by atoms with Crippen LogP contribution in [0.4, 0.5) is 0 Å². The van der Waals surface area contributed by atoms with Crippen molar-refractivity contribution in [2.45, 2.75) is 26.4 Å². The van der Waals surface area contributed by atoms with E-state index >= 15 is 0 Å². The molecule has 0 aliphatic heterocycles. The Balaban J connectivity index is 2.05. The van der Waals surface area contributed by atoms with Crippen LogP contribution in [0.5, 0.6) is 0 Å². The molecule has 0 aromatic carbocycles. The van der Waals surface area contributed by atoms with Gasteiger partial charge in [0.2, 0.25) is 0 Å². The molecule has 2 aromatic rings. The van der Waals surface area contributed by atoms with E-state index in [2.05, 4.69) is 5.16 Å². The van der Waals surface area contributed by atoms with Crippen molar-refractivity contribution < 1.29 is 14.1 Å². The monoisotopic (exact) mass is 294 g/mol. The van der Waals surface area contributed by atoms with Gasteiger partial charge in [-0.05, 0) is 25.3 Å². The Bertz CT molecular complexity index is 549. The van der Waals surface area contributed by atoms with Gasteiger partial charge in [0.1, 0.15) is 0 Å². The number of rotatable bonds is 6. The van der Waals surface area contributed by atoms with Gasteiger partial charge in [0.15, 0.2) is 5.76 Å². The zero-order valence-corrected chi connectivity index (χ0v) is 12.6. The molecule has 0 aliphatic rings. The minimum atomic E-state index is -0.249. The fourth-order valence-corrected chi connectivity index (χ4v) is 2.45. The molecule has 0 saturated heterocycles. The van der Waals surface area contributed by atoms with E-state index in [4.69, 9.17) is 9.26 Å². The molecule has 0 N–H and O–H groups in total. The summed E-state index contributed by atoms with van der Waals surface area (Å²) in [4.78, 5) is 14.4. The first-order chi connectivity index (χ1) is 9.60. The third kappa shape index (κ3) is 3.68. The van der Waals surface area contributed by atoms with Crippen LogP contribution in [0.25, 0.3) is 10.6 Å². The van der Waals surface area contributed by atoms with E-state index in [9.17, 15) is 4.79 Å². The predicted molar refractivity (Wildman–Crippen MR) is 77.4 cm³/mol. The Hall–Kier alpha value is -1.66. The molecule has 5 nitrogen and oxygen atoms in total. The molecule has 0 saturated carbocycles. The summed E-state index contributed by atoms with van der Waals surface area (Å²) in [5, 5.41) is 6.06. The Kier molecular flexibility index (Phi) is 4.92. The molecule has 2 aromatic heterocycles. The summed E-state index contributed by atoms with van der Waals surface area (Å²) in [6.45, 7) is 4.86. The number of carbonyl (C=O) groups is 1. The topological polar surface area (TPSA) is 55.6 Å². The van der Waals surface area contributed by atoms with Crippen LogP contribution in [0.1, 0.15) is 19.5 Å². The molecule has 0 fully saturated rings. The van der Waals surface area contributed by atoms with Crippen LogP contribution in [0.2, 0.25) is 0 Å². The molecule has 0 atom stereocenters. The van der Waals surface area contributed by atoms with Gasteiger partial charge in [-0.15, -0.1) is 11.3 Å². The number of hydrogen-bond donors (Lipinski definition) is 0. The number of hydrogen-bond acceptors (Lipinski definition) is 6. The molecule has 0 bridgehead atoms. The van der Waals surface area contributed by atoms with E-state index in [0.717, 1.165) is 16.3 Å². The maximum Gasteiger partial charge on any atom is 0.319 e. The second kappa shape index (κ2) is 6.67. The van der Waals surface area contributed by atoms with Crippen molar-refractivity contribution in [3.8, 4) is 10.6 Å². The first-order valence-electron chi connectivity index (χ1n) is 6.40. The lowest BCUT2D eigenvalue weighted by molar-refractivity contribution is -0.142. The molecule has 0 radical (unpaired) electrons. The van der Waals surface area contributed by atoms with Gasteiger partial charge in [-0.2, -0.15) is 0 Å². The average molecular weight is 294 g/mol. The van der Waals surface area contributed by atoms with Crippen molar-refractivity contribution in [3.05, 3.63) is 29.3 Å². The SMILES string of the molecule is COC(=O)CN(Cc1cc(-c2cccs2)on1)C(C)C. The predicted octanol–water partition coefficient (Wildman–Crippen LogP) is 2.79. The van der Waals surface area contributed by atoms with E-state index in [-0.39, 0.29) is 18.6 Å². The van der Waals surface area contributed by atoms with Crippen molar-refractivity contribution in [1.82, 2.24) is 10.1 Å². The maximum atomic E-state index is 11.4. The summed E-state index contributed by atoms with van der Waals surface area (Å²) in [5.74, 6) is 0.512. The first-order valence-corrected chi connectivity index (χ1v) is 7.28. The Morgan fingerprint density at radius 2 is 2.35 bits per heavy atom.